The van der Waals surface area contributed by atoms with Crippen molar-refractivity contribution in [1.29, 1.82) is 0 Å². The van der Waals surface area contributed by atoms with E-state index in [9.17, 15) is 4.79 Å². The van der Waals surface area contributed by atoms with Crippen molar-refractivity contribution >= 4 is 51.7 Å². The number of thiophene rings is 1. The highest BCUT2D eigenvalue weighted by Crippen LogP contribution is 2.38. The van der Waals surface area contributed by atoms with Crippen LogP contribution in [0.1, 0.15) is 39.2 Å². The van der Waals surface area contributed by atoms with Crippen LogP contribution in [0.5, 0.6) is 0 Å². The molecule has 1 N–H and O–H groups in total. The summed E-state index contributed by atoms with van der Waals surface area (Å²) >= 11 is 8.66. The molecular formula is C25H24N4O3S3. The number of rotatable bonds is 5. The van der Waals surface area contributed by atoms with Crippen LogP contribution in [0, 0.1) is 6.92 Å². The van der Waals surface area contributed by atoms with Gasteiger partial charge in [0, 0.05) is 30.0 Å². The van der Waals surface area contributed by atoms with E-state index in [4.69, 9.17) is 26.5 Å². The lowest BCUT2D eigenvalue weighted by Gasteiger charge is -2.33. The normalized spacial score (nSPS) is 14.2. The average molecular weight is 525 g/mol. The first kappa shape index (κ1) is 23.7. The fraction of sp³-hybridized carbons (Fsp3) is 0.280. The maximum Gasteiger partial charge on any atom is 0.350 e. The van der Waals surface area contributed by atoms with E-state index in [1.165, 1.54) is 18.4 Å². The topological polar surface area (TPSA) is 80.5 Å². The molecule has 10 heteroatoms. The SMILES string of the molecule is COC(=O)c1sccc1NC(=S)N1CCC(c2nc(-c3c(-c4ccccc4)noc3C)cs2)CC1. The highest BCUT2D eigenvalue weighted by atomic mass is 32.1. The van der Waals surface area contributed by atoms with E-state index < -0.39 is 0 Å². The van der Waals surface area contributed by atoms with E-state index in [0.29, 0.717) is 21.6 Å². The van der Waals surface area contributed by atoms with Gasteiger partial charge in [-0.05, 0) is 43.4 Å². The number of nitrogens with zero attached hydrogens (tertiary/aromatic N) is 3. The monoisotopic (exact) mass is 524 g/mol. The van der Waals surface area contributed by atoms with Crippen LogP contribution in [0.4, 0.5) is 5.69 Å². The number of methoxy groups -OCH3 is 1. The Bertz CT molecular complexity index is 1340. The Morgan fingerprint density at radius 1 is 1.20 bits per heavy atom. The standard InChI is InChI=1S/C25H24N4O3S3/c1-15-20(21(28-32-15)16-6-4-3-5-7-16)19-14-35-23(26-19)17-8-11-29(12-9-17)25(33)27-18-10-13-34-22(18)24(30)31-2/h3-7,10,13-14,17H,8-9,11-12H2,1-2H3,(H,27,33). The zero-order valence-electron chi connectivity index (χ0n) is 19.3. The molecule has 0 aliphatic carbocycles. The molecule has 0 unspecified atom stereocenters. The number of aryl methyl sites for hydroxylation is 1. The van der Waals surface area contributed by atoms with Gasteiger partial charge in [-0.15, -0.1) is 22.7 Å². The number of thiocarbonyl (C=S) groups is 1. The van der Waals surface area contributed by atoms with Gasteiger partial charge in [-0.25, -0.2) is 9.78 Å². The molecule has 4 aromatic rings. The van der Waals surface area contributed by atoms with Crippen molar-refractivity contribution in [1.82, 2.24) is 15.0 Å². The van der Waals surface area contributed by atoms with Crippen molar-refractivity contribution in [3.8, 4) is 22.5 Å². The average Bonchev–Trinajstić information content (AvgIpc) is 3.64. The van der Waals surface area contributed by atoms with Crippen molar-refractivity contribution in [2.75, 3.05) is 25.5 Å². The number of anilines is 1. The van der Waals surface area contributed by atoms with Crippen LogP contribution in [0.15, 0.2) is 51.7 Å². The van der Waals surface area contributed by atoms with Gasteiger partial charge in [0.05, 0.1) is 29.1 Å². The Labute approximate surface area is 216 Å². The summed E-state index contributed by atoms with van der Waals surface area (Å²) in [6.45, 7) is 3.58. The van der Waals surface area contributed by atoms with Crippen LogP contribution < -0.4 is 5.32 Å². The van der Waals surface area contributed by atoms with E-state index in [2.05, 4.69) is 20.8 Å². The number of ether oxygens (including phenoxy) is 1. The van der Waals surface area contributed by atoms with Crippen LogP contribution in [0.2, 0.25) is 0 Å². The molecule has 35 heavy (non-hydrogen) atoms. The maximum absolute atomic E-state index is 11.9. The number of aromatic nitrogens is 2. The molecule has 1 aromatic carbocycles. The van der Waals surface area contributed by atoms with Crippen LogP contribution in [0.25, 0.3) is 22.5 Å². The molecule has 0 saturated carbocycles. The van der Waals surface area contributed by atoms with Gasteiger partial charge in [-0.3, -0.25) is 0 Å². The molecule has 5 rings (SSSR count). The summed E-state index contributed by atoms with van der Waals surface area (Å²) in [5.41, 5.74) is 4.40. The van der Waals surface area contributed by atoms with Gasteiger partial charge in [-0.1, -0.05) is 35.5 Å². The molecule has 1 aliphatic rings. The first-order chi connectivity index (χ1) is 17.0. The van der Waals surface area contributed by atoms with E-state index >= 15 is 0 Å². The summed E-state index contributed by atoms with van der Waals surface area (Å²) in [4.78, 5) is 19.6. The lowest BCUT2D eigenvalue weighted by atomic mass is 9.97. The third kappa shape index (κ3) is 4.86. The van der Waals surface area contributed by atoms with Crippen LogP contribution in [-0.4, -0.2) is 46.3 Å². The van der Waals surface area contributed by atoms with E-state index in [1.54, 1.807) is 11.3 Å². The number of carbonyl (C=O) groups excluding carboxylic acids is 1. The van der Waals surface area contributed by atoms with Crippen LogP contribution in [0.3, 0.4) is 0 Å². The lowest BCUT2D eigenvalue weighted by molar-refractivity contribution is 0.0607. The van der Waals surface area contributed by atoms with E-state index in [1.807, 2.05) is 48.7 Å². The Hall–Kier alpha value is -3.08. The zero-order valence-corrected chi connectivity index (χ0v) is 21.8. The summed E-state index contributed by atoms with van der Waals surface area (Å²) in [7, 11) is 1.38. The summed E-state index contributed by atoms with van der Waals surface area (Å²) < 4.78 is 10.4. The summed E-state index contributed by atoms with van der Waals surface area (Å²) in [5.74, 6) is 0.786. The van der Waals surface area contributed by atoms with E-state index in [-0.39, 0.29) is 5.97 Å². The van der Waals surface area contributed by atoms with Gasteiger partial charge in [0.1, 0.15) is 16.3 Å². The number of likely N-dealkylation sites (tertiary alicyclic amines) is 1. The highest BCUT2D eigenvalue weighted by Gasteiger charge is 2.27. The number of carbonyl (C=O) groups is 1. The minimum absolute atomic E-state index is 0.359. The fourth-order valence-corrected chi connectivity index (χ4v) is 6.28. The molecule has 0 bridgehead atoms. The molecule has 0 atom stereocenters. The second kappa shape index (κ2) is 10.3. The molecule has 0 radical (unpaired) electrons. The van der Waals surface area contributed by atoms with Gasteiger partial charge in [0.2, 0.25) is 0 Å². The molecule has 0 spiro atoms. The molecule has 180 valence electrons. The van der Waals surface area contributed by atoms with Crippen molar-refractivity contribution < 1.29 is 14.1 Å². The molecule has 1 saturated heterocycles. The van der Waals surface area contributed by atoms with Gasteiger partial charge in [0.25, 0.3) is 0 Å². The summed E-state index contributed by atoms with van der Waals surface area (Å²) in [5, 5.41) is 13.2. The van der Waals surface area contributed by atoms with Crippen molar-refractivity contribution in [2.24, 2.45) is 0 Å². The highest BCUT2D eigenvalue weighted by molar-refractivity contribution is 7.80. The lowest BCUT2D eigenvalue weighted by Crippen LogP contribution is -2.40. The Balaban J connectivity index is 1.25. The summed E-state index contributed by atoms with van der Waals surface area (Å²) in [6, 6.07) is 11.9. The number of esters is 1. The smallest absolute Gasteiger partial charge is 0.350 e. The molecule has 4 heterocycles. The molecule has 1 aliphatic heterocycles. The molecular weight excluding hydrogens is 501 g/mol. The predicted octanol–water partition coefficient (Wildman–Crippen LogP) is 6.20. The van der Waals surface area contributed by atoms with Gasteiger partial charge < -0.3 is 19.5 Å². The molecule has 3 aromatic heterocycles. The van der Waals surface area contributed by atoms with Gasteiger partial charge in [-0.2, -0.15) is 0 Å². The minimum atomic E-state index is -0.359. The molecule has 1 fully saturated rings. The Morgan fingerprint density at radius 2 is 1.97 bits per heavy atom. The van der Waals surface area contributed by atoms with Crippen LogP contribution in [-0.2, 0) is 4.74 Å². The second-order valence-corrected chi connectivity index (χ2v) is 10.4. The van der Waals surface area contributed by atoms with Gasteiger partial charge in [0.15, 0.2) is 5.11 Å². The molecule has 7 nitrogen and oxygen atoms in total. The largest absolute Gasteiger partial charge is 0.465 e. The minimum Gasteiger partial charge on any atom is -0.465 e. The number of hydrogen-bond acceptors (Lipinski definition) is 8. The summed E-state index contributed by atoms with van der Waals surface area (Å²) in [6.07, 6.45) is 1.91. The predicted molar refractivity (Wildman–Crippen MR) is 143 cm³/mol. The Morgan fingerprint density at radius 3 is 2.71 bits per heavy atom. The third-order valence-corrected chi connectivity index (χ3v) is 8.36. The third-order valence-electron chi connectivity index (χ3n) is 6.10. The number of thiazole rings is 1. The van der Waals surface area contributed by atoms with E-state index in [0.717, 1.165) is 59.2 Å². The maximum atomic E-state index is 11.9. The van der Waals surface area contributed by atoms with Crippen molar-refractivity contribution in [3.63, 3.8) is 0 Å². The van der Waals surface area contributed by atoms with Gasteiger partial charge >= 0.3 is 5.97 Å². The molecule has 0 amide bonds. The van der Waals surface area contributed by atoms with Crippen LogP contribution >= 0.6 is 34.9 Å². The van der Waals surface area contributed by atoms with Crippen molar-refractivity contribution in [3.05, 3.63) is 62.8 Å². The first-order valence-electron chi connectivity index (χ1n) is 11.2. The number of benzene rings is 1. The quantitative estimate of drug-likeness (QED) is 0.244. The Kier molecular flexibility index (Phi) is 6.94. The second-order valence-electron chi connectivity index (χ2n) is 8.25. The number of nitrogens with one attached hydrogen (secondary N) is 1. The number of piperidine rings is 1. The first-order valence-corrected chi connectivity index (χ1v) is 13.4. The number of hydrogen-bond donors (Lipinski definition) is 1. The zero-order chi connectivity index (χ0) is 24.4. The van der Waals surface area contributed by atoms with Crippen molar-refractivity contribution in [2.45, 2.75) is 25.7 Å². The fourth-order valence-electron chi connectivity index (χ4n) is 4.24.